The maximum Gasteiger partial charge on any atom is 0.0617 e. The van der Waals surface area contributed by atoms with Gasteiger partial charge in [0.1, 0.15) is 0 Å². The van der Waals surface area contributed by atoms with Crippen LogP contribution in [0.3, 0.4) is 0 Å². The number of rotatable bonds is 5. The van der Waals surface area contributed by atoms with Crippen molar-refractivity contribution < 1.29 is 0 Å². The monoisotopic (exact) mass is 211 g/mol. The molecular formula is C10H21N5. The van der Waals surface area contributed by atoms with Gasteiger partial charge in [-0.2, -0.15) is 5.10 Å². The van der Waals surface area contributed by atoms with Gasteiger partial charge in [0.25, 0.3) is 0 Å². The summed E-state index contributed by atoms with van der Waals surface area (Å²) in [7, 11) is 3.91. The largest absolute Gasteiger partial charge is 0.329 e. The summed E-state index contributed by atoms with van der Waals surface area (Å²) in [6.07, 6.45) is 3.91. The molecule has 0 spiro atoms. The van der Waals surface area contributed by atoms with Gasteiger partial charge in [0.2, 0.25) is 0 Å². The molecule has 1 atom stereocenters. The first-order valence-corrected chi connectivity index (χ1v) is 5.22. The third-order valence-corrected chi connectivity index (χ3v) is 2.20. The molecule has 0 radical (unpaired) electrons. The van der Waals surface area contributed by atoms with E-state index in [9.17, 15) is 0 Å². The van der Waals surface area contributed by atoms with Gasteiger partial charge >= 0.3 is 0 Å². The molecule has 3 N–H and O–H groups in total. The Balaban J connectivity index is 2.74. The van der Waals surface area contributed by atoms with Crippen LogP contribution in [0, 0.1) is 0 Å². The van der Waals surface area contributed by atoms with E-state index in [1.807, 2.05) is 36.2 Å². The quantitative estimate of drug-likeness (QED) is 0.698. The number of hydrogen-bond acceptors (Lipinski definition) is 4. The van der Waals surface area contributed by atoms with Gasteiger partial charge < -0.3 is 5.73 Å². The van der Waals surface area contributed by atoms with Gasteiger partial charge in [-0.05, 0) is 13.8 Å². The predicted molar refractivity (Wildman–Crippen MR) is 61.2 cm³/mol. The molecule has 0 aromatic carbocycles. The van der Waals surface area contributed by atoms with Crippen molar-refractivity contribution >= 4 is 0 Å². The number of nitrogens with one attached hydrogen (secondary N) is 1. The third kappa shape index (κ3) is 3.30. The molecule has 0 bridgehead atoms. The van der Waals surface area contributed by atoms with E-state index >= 15 is 0 Å². The topological polar surface area (TPSA) is 59.1 Å². The van der Waals surface area contributed by atoms with Crippen molar-refractivity contribution in [3.8, 4) is 0 Å². The van der Waals surface area contributed by atoms with Crippen LogP contribution in [-0.2, 0) is 0 Å². The van der Waals surface area contributed by atoms with Crippen molar-refractivity contribution in [2.45, 2.75) is 25.9 Å². The van der Waals surface area contributed by atoms with Gasteiger partial charge in [-0.1, -0.05) is 0 Å². The summed E-state index contributed by atoms with van der Waals surface area (Å²) in [5, 5.41) is 6.20. The first-order chi connectivity index (χ1) is 7.04. The van der Waals surface area contributed by atoms with Gasteiger partial charge in [-0.3, -0.25) is 4.68 Å². The summed E-state index contributed by atoms with van der Waals surface area (Å²) >= 11 is 0. The van der Waals surface area contributed by atoms with Crippen LogP contribution >= 0.6 is 0 Å². The van der Waals surface area contributed by atoms with Crippen molar-refractivity contribution in [1.29, 1.82) is 0 Å². The second kappa shape index (κ2) is 5.25. The Bertz CT molecular complexity index is 292. The molecule has 5 nitrogen and oxygen atoms in total. The van der Waals surface area contributed by atoms with Gasteiger partial charge in [0.05, 0.1) is 12.2 Å². The SMILES string of the molecule is CC(C)n1cc(C(CN)NN(C)C)cn1. The van der Waals surface area contributed by atoms with E-state index < -0.39 is 0 Å². The third-order valence-electron chi connectivity index (χ3n) is 2.20. The molecule has 0 saturated carbocycles. The minimum absolute atomic E-state index is 0.132. The molecule has 0 aliphatic carbocycles. The van der Waals surface area contributed by atoms with Crippen LogP contribution < -0.4 is 11.2 Å². The predicted octanol–water partition coefficient (Wildman–Crippen LogP) is 0.530. The summed E-state index contributed by atoms with van der Waals surface area (Å²) in [6, 6.07) is 0.518. The van der Waals surface area contributed by atoms with Crippen molar-refractivity contribution in [3.63, 3.8) is 0 Å². The highest BCUT2D eigenvalue weighted by Crippen LogP contribution is 2.13. The summed E-state index contributed by atoms with van der Waals surface area (Å²) in [4.78, 5) is 0. The fourth-order valence-corrected chi connectivity index (χ4v) is 1.39. The van der Waals surface area contributed by atoms with Crippen LogP contribution in [0.5, 0.6) is 0 Å². The van der Waals surface area contributed by atoms with Gasteiger partial charge in [0.15, 0.2) is 0 Å². The Morgan fingerprint density at radius 2 is 2.20 bits per heavy atom. The van der Waals surface area contributed by atoms with E-state index in [-0.39, 0.29) is 6.04 Å². The molecule has 1 heterocycles. The second-order valence-corrected chi connectivity index (χ2v) is 4.16. The van der Waals surface area contributed by atoms with Crippen molar-refractivity contribution in [1.82, 2.24) is 20.2 Å². The summed E-state index contributed by atoms with van der Waals surface area (Å²) in [5.41, 5.74) is 10.1. The summed E-state index contributed by atoms with van der Waals surface area (Å²) in [6.45, 7) is 4.77. The minimum atomic E-state index is 0.132. The molecule has 1 rings (SSSR count). The van der Waals surface area contributed by atoms with Crippen LogP contribution in [0.2, 0.25) is 0 Å². The molecule has 1 aromatic rings. The molecule has 0 aliphatic heterocycles. The highest BCUT2D eigenvalue weighted by Gasteiger charge is 2.12. The highest BCUT2D eigenvalue weighted by atomic mass is 15.5. The van der Waals surface area contributed by atoms with E-state index in [0.717, 1.165) is 5.56 Å². The van der Waals surface area contributed by atoms with Crippen molar-refractivity contribution in [3.05, 3.63) is 18.0 Å². The Hall–Kier alpha value is -0.910. The van der Waals surface area contributed by atoms with Crippen LogP contribution in [0.15, 0.2) is 12.4 Å². The number of hydrogen-bond donors (Lipinski definition) is 2. The average molecular weight is 211 g/mol. The van der Waals surface area contributed by atoms with Crippen LogP contribution in [-0.4, -0.2) is 35.4 Å². The molecule has 0 saturated heterocycles. The van der Waals surface area contributed by atoms with Crippen molar-refractivity contribution in [2.24, 2.45) is 5.73 Å². The zero-order valence-electron chi connectivity index (χ0n) is 9.94. The lowest BCUT2D eigenvalue weighted by Crippen LogP contribution is -2.37. The summed E-state index contributed by atoms with van der Waals surface area (Å²) < 4.78 is 1.94. The zero-order chi connectivity index (χ0) is 11.4. The first kappa shape index (κ1) is 12.2. The Labute approximate surface area is 91.2 Å². The number of nitrogens with zero attached hydrogens (tertiary/aromatic N) is 3. The average Bonchev–Trinajstić information content (AvgIpc) is 2.62. The van der Waals surface area contributed by atoms with Gasteiger partial charge in [-0.15, -0.1) is 0 Å². The number of aromatic nitrogens is 2. The van der Waals surface area contributed by atoms with E-state index in [2.05, 4.69) is 24.4 Å². The molecule has 0 aliphatic rings. The Morgan fingerprint density at radius 3 is 2.60 bits per heavy atom. The normalized spacial score (nSPS) is 13.8. The lowest BCUT2D eigenvalue weighted by Gasteiger charge is -2.20. The zero-order valence-corrected chi connectivity index (χ0v) is 9.94. The maximum atomic E-state index is 5.71. The lowest BCUT2D eigenvalue weighted by atomic mass is 10.2. The molecule has 0 amide bonds. The van der Waals surface area contributed by atoms with Crippen LogP contribution in [0.25, 0.3) is 0 Å². The molecule has 0 fully saturated rings. The summed E-state index contributed by atoms with van der Waals surface area (Å²) in [5.74, 6) is 0. The lowest BCUT2D eigenvalue weighted by molar-refractivity contribution is 0.245. The van der Waals surface area contributed by atoms with E-state index in [1.54, 1.807) is 0 Å². The first-order valence-electron chi connectivity index (χ1n) is 5.22. The van der Waals surface area contributed by atoms with Gasteiger partial charge in [-0.25, -0.2) is 10.4 Å². The fraction of sp³-hybridized carbons (Fsp3) is 0.700. The van der Waals surface area contributed by atoms with Crippen LogP contribution in [0.4, 0.5) is 0 Å². The minimum Gasteiger partial charge on any atom is -0.329 e. The molecule has 1 aromatic heterocycles. The Morgan fingerprint density at radius 1 is 1.53 bits per heavy atom. The molecule has 86 valence electrons. The van der Waals surface area contributed by atoms with E-state index in [4.69, 9.17) is 5.73 Å². The highest BCUT2D eigenvalue weighted by molar-refractivity contribution is 5.10. The fourth-order valence-electron chi connectivity index (χ4n) is 1.39. The van der Waals surface area contributed by atoms with Gasteiger partial charge in [0, 0.05) is 38.4 Å². The van der Waals surface area contributed by atoms with Crippen molar-refractivity contribution in [2.75, 3.05) is 20.6 Å². The molecule has 1 unspecified atom stereocenters. The molecule has 5 heteroatoms. The van der Waals surface area contributed by atoms with E-state index in [0.29, 0.717) is 12.6 Å². The molecule has 15 heavy (non-hydrogen) atoms. The number of hydrazine groups is 1. The standard InChI is InChI=1S/C10H21N5/c1-8(2)15-7-9(6-12-15)10(5-11)13-14(3)4/h6-8,10,13H,5,11H2,1-4H3. The molecular weight excluding hydrogens is 190 g/mol. The van der Waals surface area contributed by atoms with Crippen LogP contribution in [0.1, 0.15) is 31.5 Å². The smallest absolute Gasteiger partial charge is 0.0617 e. The maximum absolute atomic E-state index is 5.71. The second-order valence-electron chi connectivity index (χ2n) is 4.16. The number of nitrogens with two attached hydrogens (primary N) is 1. The van der Waals surface area contributed by atoms with E-state index in [1.165, 1.54) is 0 Å². The Kier molecular flexibility index (Phi) is 4.26.